The third kappa shape index (κ3) is 2.91. The Bertz CT molecular complexity index is 924. The van der Waals surface area contributed by atoms with Gasteiger partial charge < -0.3 is 4.57 Å². The van der Waals surface area contributed by atoms with E-state index >= 15 is 0 Å². The van der Waals surface area contributed by atoms with Crippen molar-refractivity contribution in [2.24, 2.45) is 4.99 Å². The lowest BCUT2D eigenvalue weighted by Crippen LogP contribution is -2.15. The SMILES string of the molecule is CCn1c(=NC(=O)c2cccc(C)c2)sc2cc(Br)ccc21. The number of benzene rings is 2. The Hall–Kier alpha value is -1.72. The second kappa shape index (κ2) is 6.18. The average molecular weight is 375 g/mol. The van der Waals surface area contributed by atoms with Gasteiger partial charge in [0, 0.05) is 16.6 Å². The zero-order valence-corrected chi connectivity index (χ0v) is 14.7. The summed E-state index contributed by atoms with van der Waals surface area (Å²) in [5.41, 5.74) is 2.79. The molecule has 3 nitrogen and oxygen atoms in total. The van der Waals surface area contributed by atoms with E-state index in [1.807, 2.05) is 31.2 Å². The number of nitrogens with zero attached hydrogens (tertiary/aromatic N) is 2. The number of carbonyl (C=O) groups excluding carboxylic acids is 1. The zero-order chi connectivity index (χ0) is 15.7. The molecule has 0 bridgehead atoms. The summed E-state index contributed by atoms with van der Waals surface area (Å²) in [6, 6.07) is 13.6. The van der Waals surface area contributed by atoms with E-state index in [2.05, 4.69) is 44.5 Å². The number of hydrogen-bond acceptors (Lipinski definition) is 2. The van der Waals surface area contributed by atoms with Gasteiger partial charge in [0.25, 0.3) is 5.91 Å². The van der Waals surface area contributed by atoms with Gasteiger partial charge in [-0.1, -0.05) is 45.0 Å². The molecule has 0 saturated carbocycles. The summed E-state index contributed by atoms with van der Waals surface area (Å²) in [5, 5.41) is 0. The maximum Gasteiger partial charge on any atom is 0.279 e. The van der Waals surface area contributed by atoms with E-state index in [1.165, 1.54) is 11.3 Å². The molecular weight excluding hydrogens is 360 g/mol. The van der Waals surface area contributed by atoms with Crippen molar-refractivity contribution in [1.29, 1.82) is 0 Å². The molecule has 0 aliphatic heterocycles. The first-order valence-electron chi connectivity index (χ1n) is 7.03. The van der Waals surface area contributed by atoms with Crippen LogP contribution in [0, 0.1) is 6.92 Å². The molecule has 0 aliphatic rings. The van der Waals surface area contributed by atoms with Crippen molar-refractivity contribution < 1.29 is 4.79 Å². The van der Waals surface area contributed by atoms with Crippen LogP contribution in [0.1, 0.15) is 22.8 Å². The van der Waals surface area contributed by atoms with E-state index in [-0.39, 0.29) is 5.91 Å². The molecule has 0 aliphatic carbocycles. The summed E-state index contributed by atoms with van der Waals surface area (Å²) in [5.74, 6) is -0.198. The van der Waals surface area contributed by atoms with Gasteiger partial charge in [0.15, 0.2) is 4.80 Å². The Morgan fingerprint density at radius 1 is 1.27 bits per heavy atom. The van der Waals surface area contributed by atoms with E-state index in [9.17, 15) is 4.79 Å². The third-order valence-electron chi connectivity index (χ3n) is 3.42. The van der Waals surface area contributed by atoms with Crippen LogP contribution in [-0.2, 0) is 6.54 Å². The molecule has 2 aromatic carbocycles. The first kappa shape index (κ1) is 15.2. The molecule has 112 valence electrons. The molecule has 3 aromatic rings. The summed E-state index contributed by atoms with van der Waals surface area (Å²) in [6.45, 7) is 4.81. The van der Waals surface area contributed by atoms with Crippen LogP contribution in [0.5, 0.6) is 0 Å². The number of carbonyl (C=O) groups is 1. The fraction of sp³-hybridized carbons (Fsp3) is 0.176. The largest absolute Gasteiger partial charge is 0.317 e. The Kier molecular flexibility index (Phi) is 4.27. The lowest BCUT2D eigenvalue weighted by Gasteiger charge is -2.00. The van der Waals surface area contributed by atoms with Gasteiger partial charge in [-0.05, 0) is 44.2 Å². The molecule has 0 fully saturated rings. The lowest BCUT2D eigenvalue weighted by atomic mass is 10.1. The highest BCUT2D eigenvalue weighted by Gasteiger charge is 2.08. The monoisotopic (exact) mass is 374 g/mol. The second-order valence-corrected chi connectivity index (χ2v) is 6.95. The van der Waals surface area contributed by atoms with Crippen molar-refractivity contribution >= 4 is 43.4 Å². The molecule has 5 heteroatoms. The zero-order valence-electron chi connectivity index (χ0n) is 12.3. The molecule has 0 saturated heterocycles. The fourth-order valence-corrected chi connectivity index (χ4v) is 4.01. The van der Waals surface area contributed by atoms with Gasteiger partial charge in [0.1, 0.15) is 0 Å². The van der Waals surface area contributed by atoms with Crippen molar-refractivity contribution in [1.82, 2.24) is 4.57 Å². The number of thiazole rings is 1. The van der Waals surface area contributed by atoms with Crippen LogP contribution in [0.4, 0.5) is 0 Å². The van der Waals surface area contributed by atoms with Crippen molar-refractivity contribution in [3.63, 3.8) is 0 Å². The Morgan fingerprint density at radius 2 is 2.09 bits per heavy atom. The van der Waals surface area contributed by atoms with E-state index in [0.717, 1.165) is 31.6 Å². The van der Waals surface area contributed by atoms with Gasteiger partial charge in [0.2, 0.25) is 0 Å². The van der Waals surface area contributed by atoms with E-state index in [4.69, 9.17) is 0 Å². The van der Waals surface area contributed by atoms with E-state index < -0.39 is 0 Å². The Balaban J connectivity index is 2.14. The van der Waals surface area contributed by atoms with E-state index in [0.29, 0.717) is 5.56 Å². The lowest BCUT2D eigenvalue weighted by molar-refractivity contribution is 0.0998. The predicted molar refractivity (Wildman–Crippen MR) is 94.3 cm³/mol. The minimum absolute atomic E-state index is 0.198. The van der Waals surface area contributed by atoms with Crippen LogP contribution < -0.4 is 4.80 Å². The fourth-order valence-electron chi connectivity index (χ4n) is 2.37. The standard InChI is InChI=1S/C17H15BrN2OS/c1-3-20-14-8-7-13(18)10-15(14)22-17(20)19-16(21)12-6-4-5-11(2)9-12/h4-10H,3H2,1-2H3. The highest BCUT2D eigenvalue weighted by Crippen LogP contribution is 2.22. The molecule has 0 spiro atoms. The third-order valence-corrected chi connectivity index (χ3v) is 4.96. The maximum absolute atomic E-state index is 12.4. The maximum atomic E-state index is 12.4. The van der Waals surface area contributed by atoms with Crippen LogP contribution in [0.3, 0.4) is 0 Å². The number of hydrogen-bond donors (Lipinski definition) is 0. The van der Waals surface area contributed by atoms with Gasteiger partial charge in [-0.3, -0.25) is 4.79 Å². The molecule has 1 amide bonds. The quantitative estimate of drug-likeness (QED) is 0.648. The van der Waals surface area contributed by atoms with Crippen molar-refractivity contribution in [2.75, 3.05) is 0 Å². The minimum atomic E-state index is -0.198. The van der Waals surface area contributed by atoms with Crippen LogP contribution in [0.15, 0.2) is 51.9 Å². The highest BCUT2D eigenvalue weighted by atomic mass is 79.9. The van der Waals surface area contributed by atoms with Crippen molar-refractivity contribution in [2.45, 2.75) is 20.4 Å². The molecule has 0 unspecified atom stereocenters. The van der Waals surface area contributed by atoms with Gasteiger partial charge in [-0.15, -0.1) is 0 Å². The van der Waals surface area contributed by atoms with Crippen LogP contribution in [0.2, 0.25) is 0 Å². The number of halogens is 1. The number of aromatic nitrogens is 1. The van der Waals surface area contributed by atoms with Crippen LogP contribution in [0.25, 0.3) is 10.2 Å². The molecule has 0 N–H and O–H groups in total. The second-order valence-electron chi connectivity index (χ2n) is 5.03. The topological polar surface area (TPSA) is 34.4 Å². The average Bonchev–Trinajstić information content (AvgIpc) is 2.83. The smallest absolute Gasteiger partial charge is 0.279 e. The van der Waals surface area contributed by atoms with Crippen LogP contribution in [-0.4, -0.2) is 10.5 Å². The summed E-state index contributed by atoms with van der Waals surface area (Å²) < 4.78 is 4.22. The molecule has 0 atom stereocenters. The summed E-state index contributed by atoms with van der Waals surface area (Å²) in [6.07, 6.45) is 0. The molecular formula is C17H15BrN2OS. The molecule has 22 heavy (non-hydrogen) atoms. The minimum Gasteiger partial charge on any atom is -0.317 e. The number of aryl methyl sites for hydroxylation is 2. The Morgan fingerprint density at radius 3 is 2.82 bits per heavy atom. The van der Waals surface area contributed by atoms with Crippen LogP contribution >= 0.6 is 27.3 Å². The van der Waals surface area contributed by atoms with Gasteiger partial charge in [-0.25, -0.2) is 0 Å². The first-order valence-corrected chi connectivity index (χ1v) is 8.64. The summed E-state index contributed by atoms with van der Waals surface area (Å²) in [4.78, 5) is 17.5. The van der Waals surface area contributed by atoms with Crippen molar-refractivity contribution in [3.05, 3.63) is 62.9 Å². The number of amides is 1. The molecule has 0 radical (unpaired) electrons. The van der Waals surface area contributed by atoms with Gasteiger partial charge in [0.05, 0.1) is 10.2 Å². The number of fused-ring (bicyclic) bond motifs is 1. The molecule has 1 heterocycles. The number of rotatable bonds is 2. The summed E-state index contributed by atoms with van der Waals surface area (Å²) in [7, 11) is 0. The van der Waals surface area contributed by atoms with Crippen molar-refractivity contribution in [3.8, 4) is 0 Å². The van der Waals surface area contributed by atoms with E-state index in [1.54, 1.807) is 6.07 Å². The Labute approximate surface area is 141 Å². The normalized spacial score (nSPS) is 12.0. The van der Waals surface area contributed by atoms with Gasteiger partial charge >= 0.3 is 0 Å². The highest BCUT2D eigenvalue weighted by molar-refractivity contribution is 9.10. The molecule has 1 aromatic heterocycles. The summed E-state index contributed by atoms with van der Waals surface area (Å²) >= 11 is 5.02. The predicted octanol–water partition coefficient (Wildman–Crippen LogP) is 4.53. The first-order chi connectivity index (χ1) is 10.6. The molecule has 3 rings (SSSR count). The van der Waals surface area contributed by atoms with Gasteiger partial charge in [-0.2, -0.15) is 4.99 Å².